The van der Waals surface area contributed by atoms with Gasteiger partial charge in [0.05, 0.1) is 17.7 Å². The number of rotatable bonds is 9. The standard InChI is InChI=1S/C23H24ClN3O3/c1-2-3-8-21-26-22(24)19(13-20(25)28)27(21)14-15-9-11-16(12-10-15)17-6-4-5-7-18(17)23(29)30/h4-7,9-12H,2-3,8,13-14H2,1H3,(H2,25,28)(H,29,30). The number of carboxylic acids is 1. The quantitative estimate of drug-likeness (QED) is 0.533. The van der Waals surface area contributed by atoms with Gasteiger partial charge in [-0.2, -0.15) is 0 Å². The second-order valence-corrected chi connectivity index (χ2v) is 7.50. The van der Waals surface area contributed by atoms with E-state index in [0.717, 1.165) is 36.2 Å². The minimum Gasteiger partial charge on any atom is -0.478 e. The Morgan fingerprint density at radius 3 is 2.47 bits per heavy atom. The van der Waals surface area contributed by atoms with Crippen LogP contribution in [0.4, 0.5) is 0 Å². The first-order valence-corrected chi connectivity index (χ1v) is 10.2. The number of imidazole rings is 1. The second kappa shape index (κ2) is 9.59. The van der Waals surface area contributed by atoms with E-state index in [4.69, 9.17) is 17.3 Å². The summed E-state index contributed by atoms with van der Waals surface area (Å²) in [7, 11) is 0. The van der Waals surface area contributed by atoms with Gasteiger partial charge >= 0.3 is 5.97 Å². The number of halogens is 1. The van der Waals surface area contributed by atoms with Crippen molar-refractivity contribution in [2.24, 2.45) is 5.73 Å². The van der Waals surface area contributed by atoms with Crippen LogP contribution in [0.25, 0.3) is 11.1 Å². The van der Waals surface area contributed by atoms with Gasteiger partial charge < -0.3 is 15.4 Å². The molecule has 0 aliphatic rings. The Hall–Kier alpha value is -3.12. The number of carboxylic acid groups (broad SMARTS) is 1. The summed E-state index contributed by atoms with van der Waals surface area (Å²) in [4.78, 5) is 27.5. The maximum absolute atomic E-state index is 11.5. The highest BCUT2D eigenvalue weighted by Crippen LogP contribution is 2.26. The van der Waals surface area contributed by atoms with Gasteiger partial charge in [0, 0.05) is 13.0 Å². The number of aromatic nitrogens is 2. The van der Waals surface area contributed by atoms with Crippen molar-refractivity contribution in [3.05, 3.63) is 76.3 Å². The fraction of sp³-hybridized carbons (Fsp3) is 0.261. The Bertz CT molecular complexity index is 1060. The molecular weight excluding hydrogens is 402 g/mol. The van der Waals surface area contributed by atoms with Crippen molar-refractivity contribution in [1.29, 1.82) is 0 Å². The van der Waals surface area contributed by atoms with Gasteiger partial charge in [-0.15, -0.1) is 0 Å². The second-order valence-electron chi connectivity index (χ2n) is 7.15. The molecule has 6 nitrogen and oxygen atoms in total. The van der Waals surface area contributed by atoms with Crippen LogP contribution in [0.2, 0.25) is 5.15 Å². The fourth-order valence-corrected chi connectivity index (χ4v) is 3.71. The zero-order valence-electron chi connectivity index (χ0n) is 16.8. The Labute approximate surface area is 180 Å². The highest BCUT2D eigenvalue weighted by Gasteiger charge is 2.18. The number of carbonyl (C=O) groups is 2. The average molecular weight is 426 g/mol. The van der Waals surface area contributed by atoms with Crippen molar-refractivity contribution in [3.63, 3.8) is 0 Å². The third-order valence-corrected chi connectivity index (χ3v) is 5.26. The number of unbranched alkanes of at least 4 members (excludes halogenated alkanes) is 1. The lowest BCUT2D eigenvalue weighted by Gasteiger charge is -2.13. The summed E-state index contributed by atoms with van der Waals surface area (Å²) in [6.45, 7) is 2.61. The van der Waals surface area contributed by atoms with E-state index < -0.39 is 11.9 Å². The molecule has 156 valence electrons. The number of aryl methyl sites for hydroxylation is 1. The molecule has 7 heteroatoms. The number of hydrogen-bond donors (Lipinski definition) is 2. The highest BCUT2D eigenvalue weighted by molar-refractivity contribution is 6.30. The van der Waals surface area contributed by atoms with E-state index in [1.54, 1.807) is 18.2 Å². The van der Waals surface area contributed by atoms with E-state index >= 15 is 0 Å². The van der Waals surface area contributed by atoms with E-state index in [1.807, 2.05) is 34.9 Å². The lowest BCUT2D eigenvalue weighted by Crippen LogP contribution is -2.18. The van der Waals surface area contributed by atoms with E-state index in [1.165, 1.54) is 0 Å². The molecule has 0 aliphatic carbocycles. The average Bonchev–Trinajstić information content (AvgIpc) is 3.01. The lowest BCUT2D eigenvalue weighted by molar-refractivity contribution is -0.117. The topological polar surface area (TPSA) is 98.2 Å². The number of carbonyl (C=O) groups excluding carboxylic acids is 1. The maximum Gasteiger partial charge on any atom is 0.336 e. The van der Waals surface area contributed by atoms with Crippen LogP contribution in [-0.4, -0.2) is 26.5 Å². The first-order valence-electron chi connectivity index (χ1n) is 9.84. The fourth-order valence-electron chi connectivity index (χ4n) is 3.44. The molecule has 0 radical (unpaired) electrons. The predicted molar refractivity (Wildman–Crippen MR) is 117 cm³/mol. The summed E-state index contributed by atoms with van der Waals surface area (Å²) in [5.41, 5.74) is 8.76. The molecule has 0 unspecified atom stereocenters. The molecule has 0 saturated carbocycles. The molecular formula is C23H24ClN3O3. The van der Waals surface area contributed by atoms with Crippen LogP contribution in [0, 0.1) is 0 Å². The zero-order valence-corrected chi connectivity index (χ0v) is 17.5. The number of benzene rings is 2. The van der Waals surface area contributed by atoms with Crippen LogP contribution < -0.4 is 5.73 Å². The van der Waals surface area contributed by atoms with Crippen molar-refractivity contribution in [1.82, 2.24) is 9.55 Å². The van der Waals surface area contributed by atoms with Crippen LogP contribution >= 0.6 is 11.6 Å². The third kappa shape index (κ3) is 4.89. The molecule has 3 aromatic rings. The first kappa shape index (κ1) is 21.6. The van der Waals surface area contributed by atoms with Crippen molar-refractivity contribution in [3.8, 4) is 11.1 Å². The molecule has 3 N–H and O–H groups in total. The van der Waals surface area contributed by atoms with E-state index in [2.05, 4.69) is 11.9 Å². The first-order chi connectivity index (χ1) is 14.4. The summed E-state index contributed by atoms with van der Waals surface area (Å²) in [5.74, 6) is -0.585. The summed E-state index contributed by atoms with van der Waals surface area (Å²) in [5, 5.41) is 9.73. The number of hydrogen-bond acceptors (Lipinski definition) is 3. The number of nitrogens with zero attached hydrogens (tertiary/aromatic N) is 2. The van der Waals surface area contributed by atoms with Crippen LogP contribution in [0.15, 0.2) is 48.5 Å². The maximum atomic E-state index is 11.5. The number of amides is 1. The normalized spacial score (nSPS) is 10.9. The monoisotopic (exact) mass is 425 g/mol. The summed E-state index contributed by atoms with van der Waals surface area (Å²) >= 11 is 6.30. The number of aromatic carboxylic acids is 1. The molecule has 0 spiro atoms. The molecule has 0 bridgehead atoms. The van der Waals surface area contributed by atoms with E-state index in [0.29, 0.717) is 23.0 Å². The van der Waals surface area contributed by atoms with Gasteiger partial charge in [0.25, 0.3) is 0 Å². The summed E-state index contributed by atoms with van der Waals surface area (Å²) in [6.07, 6.45) is 2.78. The van der Waals surface area contributed by atoms with E-state index in [9.17, 15) is 14.7 Å². The highest BCUT2D eigenvalue weighted by atomic mass is 35.5. The smallest absolute Gasteiger partial charge is 0.336 e. The number of primary amides is 1. The molecule has 0 saturated heterocycles. The Balaban J connectivity index is 1.92. The molecule has 2 aromatic carbocycles. The molecule has 0 atom stereocenters. The van der Waals surface area contributed by atoms with Gasteiger partial charge in [0.2, 0.25) is 5.91 Å². The van der Waals surface area contributed by atoms with Crippen LogP contribution in [0.3, 0.4) is 0 Å². The van der Waals surface area contributed by atoms with Gasteiger partial charge in [-0.25, -0.2) is 9.78 Å². The molecule has 30 heavy (non-hydrogen) atoms. The van der Waals surface area contributed by atoms with Gasteiger partial charge in [-0.05, 0) is 29.2 Å². The Kier molecular flexibility index (Phi) is 6.90. The molecule has 1 aromatic heterocycles. The number of nitrogens with two attached hydrogens (primary N) is 1. The van der Waals surface area contributed by atoms with Gasteiger partial charge in [-0.1, -0.05) is 67.4 Å². The third-order valence-electron chi connectivity index (χ3n) is 4.96. The van der Waals surface area contributed by atoms with Gasteiger partial charge in [0.15, 0.2) is 5.15 Å². The Morgan fingerprint density at radius 1 is 1.13 bits per heavy atom. The van der Waals surface area contributed by atoms with Crippen molar-refractivity contribution >= 4 is 23.5 Å². The van der Waals surface area contributed by atoms with Crippen molar-refractivity contribution in [2.75, 3.05) is 0 Å². The van der Waals surface area contributed by atoms with Crippen LogP contribution in [0.1, 0.15) is 47.2 Å². The van der Waals surface area contributed by atoms with Gasteiger partial charge in [-0.3, -0.25) is 4.79 Å². The molecule has 0 aliphatic heterocycles. The van der Waals surface area contributed by atoms with Crippen molar-refractivity contribution < 1.29 is 14.7 Å². The van der Waals surface area contributed by atoms with Crippen molar-refractivity contribution in [2.45, 2.75) is 39.2 Å². The lowest BCUT2D eigenvalue weighted by atomic mass is 9.98. The van der Waals surface area contributed by atoms with Crippen LogP contribution in [-0.2, 0) is 24.2 Å². The predicted octanol–water partition coefficient (Wildman–Crippen LogP) is 4.32. The minimum atomic E-state index is -0.959. The Morgan fingerprint density at radius 2 is 1.83 bits per heavy atom. The minimum absolute atomic E-state index is 0.0298. The molecule has 1 amide bonds. The van der Waals surface area contributed by atoms with Crippen LogP contribution in [0.5, 0.6) is 0 Å². The zero-order chi connectivity index (χ0) is 21.7. The molecule has 1 heterocycles. The summed E-state index contributed by atoms with van der Waals surface area (Å²) < 4.78 is 1.96. The SMILES string of the molecule is CCCCc1nc(Cl)c(CC(N)=O)n1Cc1ccc(-c2ccccc2C(=O)O)cc1. The molecule has 3 rings (SSSR count). The van der Waals surface area contributed by atoms with E-state index in [-0.39, 0.29) is 12.0 Å². The van der Waals surface area contributed by atoms with Gasteiger partial charge in [0.1, 0.15) is 5.82 Å². The molecule has 0 fully saturated rings. The summed E-state index contributed by atoms with van der Waals surface area (Å²) in [6, 6.07) is 14.6. The largest absolute Gasteiger partial charge is 0.478 e.